The standard InChI is InChI=1S/C21H21ClN6O2S2/c1-32-17-18(22)25-19(26-20(17)27-9-11-30-12-10-27)14-4-6-16(7-5-14)28(31)21(29)24-15-3-2-8-23-13-15/h2-8,13,31H,9-12H2,1H3,(H,24,29). The minimum Gasteiger partial charge on any atom is -0.378 e. The molecular weight excluding hydrogens is 468 g/mol. The van der Waals surface area contributed by atoms with Crippen molar-refractivity contribution in [1.29, 1.82) is 0 Å². The number of nitrogens with one attached hydrogen (secondary N) is 1. The van der Waals surface area contributed by atoms with E-state index in [1.807, 2.05) is 18.4 Å². The average molecular weight is 489 g/mol. The maximum Gasteiger partial charge on any atom is 0.336 e. The molecule has 0 bridgehead atoms. The van der Waals surface area contributed by atoms with Crippen LogP contribution in [0.2, 0.25) is 5.15 Å². The van der Waals surface area contributed by atoms with Gasteiger partial charge in [-0.1, -0.05) is 24.4 Å². The molecule has 2 amide bonds. The summed E-state index contributed by atoms with van der Waals surface area (Å²) in [6.07, 6.45) is 5.16. The highest BCUT2D eigenvalue weighted by Crippen LogP contribution is 2.35. The minimum atomic E-state index is -0.396. The van der Waals surface area contributed by atoms with Crippen molar-refractivity contribution < 1.29 is 9.53 Å². The van der Waals surface area contributed by atoms with E-state index in [1.165, 1.54) is 16.1 Å². The summed E-state index contributed by atoms with van der Waals surface area (Å²) in [5, 5.41) is 3.15. The number of benzene rings is 1. The van der Waals surface area contributed by atoms with Gasteiger partial charge in [0.1, 0.15) is 11.0 Å². The Bertz CT molecular complexity index is 1080. The molecule has 0 saturated carbocycles. The van der Waals surface area contributed by atoms with Crippen molar-refractivity contribution in [3.8, 4) is 11.4 Å². The van der Waals surface area contributed by atoms with Crippen LogP contribution in [-0.4, -0.2) is 53.5 Å². The van der Waals surface area contributed by atoms with E-state index in [9.17, 15) is 4.79 Å². The molecule has 4 rings (SSSR count). The van der Waals surface area contributed by atoms with Crippen LogP contribution in [0.15, 0.2) is 53.7 Å². The molecule has 1 N–H and O–H groups in total. The van der Waals surface area contributed by atoms with Gasteiger partial charge in [0.25, 0.3) is 0 Å². The van der Waals surface area contributed by atoms with Crippen LogP contribution < -0.4 is 14.5 Å². The second-order valence-electron chi connectivity index (χ2n) is 6.82. The topological polar surface area (TPSA) is 83.5 Å². The third-order valence-corrected chi connectivity index (χ3v) is 6.38. The number of pyridine rings is 1. The number of hydrogen-bond acceptors (Lipinski definition) is 8. The number of amides is 2. The molecule has 1 aliphatic rings. The molecule has 0 atom stereocenters. The Morgan fingerprint density at radius 1 is 1.22 bits per heavy atom. The number of anilines is 3. The summed E-state index contributed by atoms with van der Waals surface area (Å²) in [6, 6.07) is 10.3. The van der Waals surface area contributed by atoms with Gasteiger partial charge in [0, 0.05) is 24.8 Å². The van der Waals surface area contributed by atoms with E-state index < -0.39 is 6.03 Å². The predicted octanol–water partition coefficient (Wildman–Crippen LogP) is 4.63. The lowest BCUT2D eigenvalue weighted by Gasteiger charge is -2.29. The maximum absolute atomic E-state index is 12.5. The Labute approximate surface area is 200 Å². The lowest BCUT2D eigenvalue weighted by atomic mass is 10.2. The average Bonchev–Trinajstić information content (AvgIpc) is 2.84. The molecule has 3 heterocycles. The van der Waals surface area contributed by atoms with Crippen LogP contribution in [-0.2, 0) is 4.74 Å². The van der Waals surface area contributed by atoms with Gasteiger partial charge >= 0.3 is 6.03 Å². The number of ether oxygens (including phenoxy) is 1. The first kappa shape index (κ1) is 22.7. The fraction of sp³-hybridized carbons (Fsp3) is 0.238. The number of morpholine rings is 1. The normalized spacial score (nSPS) is 13.7. The Balaban J connectivity index is 1.55. The predicted molar refractivity (Wildman–Crippen MR) is 132 cm³/mol. The van der Waals surface area contributed by atoms with Crippen molar-refractivity contribution in [2.45, 2.75) is 4.90 Å². The number of urea groups is 1. The number of nitrogens with zero attached hydrogens (tertiary/aromatic N) is 5. The second-order valence-corrected chi connectivity index (χ2v) is 8.40. The van der Waals surface area contributed by atoms with Gasteiger partial charge in [0.05, 0.1) is 35.7 Å². The van der Waals surface area contributed by atoms with Gasteiger partial charge in [0.2, 0.25) is 0 Å². The van der Waals surface area contributed by atoms with E-state index in [2.05, 4.69) is 33.0 Å². The number of thiol groups is 1. The van der Waals surface area contributed by atoms with Crippen molar-refractivity contribution >= 4 is 59.4 Å². The number of carbonyl (C=O) groups excluding carboxylic acids is 1. The highest BCUT2D eigenvalue weighted by Gasteiger charge is 2.21. The molecule has 1 saturated heterocycles. The van der Waals surface area contributed by atoms with E-state index in [-0.39, 0.29) is 0 Å². The fourth-order valence-electron chi connectivity index (χ4n) is 3.19. The zero-order valence-electron chi connectivity index (χ0n) is 17.2. The number of halogens is 1. The van der Waals surface area contributed by atoms with Crippen LogP contribution in [0.3, 0.4) is 0 Å². The van der Waals surface area contributed by atoms with Crippen LogP contribution in [0.25, 0.3) is 11.4 Å². The van der Waals surface area contributed by atoms with Crippen molar-refractivity contribution in [3.63, 3.8) is 0 Å². The summed E-state index contributed by atoms with van der Waals surface area (Å²) in [6.45, 7) is 2.80. The molecule has 0 aliphatic carbocycles. The molecule has 0 unspecified atom stereocenters. The quantitative estimate of drug-likeness (QED) is 0.307. The summed E-state index contributed by atoms with van der Waals surface area (Å²) in [5.74, 6) is 1.33. The van der Waals surface area contributed by atoms with E-state index in [4.69, 9.17) is 21.3 Å². The molecule has 1 fully saturated rings. The van der Waals surface area contributed by atoms with Gasteiger partial charge in [0.15, 0.2) is 5.82 Å². The third kappa shape index (κ3) is 5.09. The maximum atomic E-state index is 12.5. The molecule has 1 aliphatic heterocycles. The monoisotopic (exact) mass is 488 g/mol. The summed E-state index contributed by atoms with van der Waals surface area (Å²) in [4.78, 5) is 28.7. The highest BCUT2D eigenvalue weighted by molar-refractivity contribution is 7.98. The summed E-state index contributed by atoms with van der Waals surface area (Å²) in [7, 11) is 0. The van der Waals surface area contributed by atoms with Crippen molar-refractivity contribution in [3.05, 3.63) is 53.9 Å². The Kier molecular flexibility index (Phi) is 7.36. The number of rotatable bonds is 5. The van der Waals surface area contributed by atoms with Gasteiger partial charge in [-0.05, 0) is 42.7 Å². The molecule has 32 heavy (non-hydrogen) atoms. The van der Waals surface area contributed by atoms with Crippen LogP contribution in [0, 0.1) is 0 Å². The van der Waals surface area contributed by atoms with Crippen LogP contribution in [0.5, 0.6) is 0 Å². The number of thioether (sulfide) groups is 1. The van der Waals surface area contributed by atoms with E-state index >= 15 is 0 Å². The number of aromatic nitrogens is 3. The van der Waals surface area contributed by atoms with Gasteiger partial charge in [-0.25, -0.2) is 19.1 Å². The van der Waals surface area contributed by atoms with Crippen molar-refractivity contribution in [2.75, 3.05) is 47.1 Å². The first-order valence-electron chi connectivity index (χ1n) is 9.81. The van der Waals surface area contributed by atoms with Gasteiger partial charge < -0.3 is 15.0 Å². The minimum absolute atomic E-state index is 0.396. The smallest absolute Gasteiger partial charge is 0.336 e. The molecule has 8 nitrogen and oxygen atoms in total. The molecule has 11 heteroatoms. The van der Waals surface area contributed by atoms with Crippen LogP contribution >= 0.6 is 36.2 Å². The van der Waals surface area contributed by atoms with Crippen LogP contribution in [0.4, 0.5) is 22.0 Å². The van der Waals surface area contributed by atoms with Gasteiger partial charge in [-0.3, -0.25) is 4.98 Å². The lowest BCUT2D eigenvalue weighted by molar-refractivity contribution is 0.122. The van der Waals surface area contributed by atoms with Gasteiger partial charge in [-0.15, -0.1) is 11.8 Å². The third-order valence-electron chi connectivity index (χ3n) is 4.80. The van der Waals surface area contributed by atoms with E-state index in [1.54, 1.807) is 36.7 Å². The molecule has 166 valence electrons. The first-order valence-corrected chi connectivity index (χ1v) is 11.8. The van der Waals surface area contributed by atoms with E-state index in [0.717, 1.165) is 29.4 Å². The molecule has 1 aromatic carbocycles. The molecular formula is C21H21ClN6O2S2. The van der Waals surface area contributed by atoms with Crippen molar-refractivity contribution in [1.82, 2.24) is 15.0 Å². The van der Waals surface area contributed by atoms with E-state index in [0.29, 0.717) is 35.6 Å². The number of carbonyl (C=O) groups is 1. The summed E-state index contributed by atoms with van der Waals surface area (Å²) >= 11 is 12.3. The summed E-state index contributed by atoms with van der Waals surface area (Å²) < 4.78 is 6.68. The largest absolute Gasteiger partial charge is 0.378 e. The van der Waals surface area contributed by atoms with Crippen molar-refractivity contribution in [2.24, 2.45) is 0 Å². The van der Waals surface area contributed by atoms with Crippen LogP contribution in [0.1, 0.15) is 0 Å². The van der Waals surface area contributed by atoms with Gasteiger partial charge in [-0.2, -0.15) is 0 Å². The zero-order valence-corrected chi connectivity index (χ0v) is 19.7. The molecule has 0 radical (unpaired) electrons. The number of hydrogen-bond donors (Lipinski definition) is 2. The fourth-order valence-corrected chi connectivity index (χ4v) is 4.34. The zero-order chi connectivity index (χ0) is 22.5. The summed E-state index contributed by atoms with van der Waals surface area (Å²) in [5.41, 5.74) is 1.96. The highest BCUT2D eigenvalue weighted by atomic mass is 35.5. The second kappa shape index (κ2) is 10.4. The SMILES string of the molecule is CSc1c(Cl)nc(-c2ccc(N(S)C(=O)Nc3cccnc3)cc2)nc1N1CCOCC1. The molecule has 0 spiro atoms. The Morgan fingerprint density at radius 2 is 1.97 bits per heavy atom. The molecule has 2 aromatic heterocycles. The Morgan fingerprint density at radius 3 is 2.62 bits per heavy atom. The Hall–Kier alpha value is -2.53. The first-order chi connectivity index (χ1) is 15.6. The molecule has 3 aromatic rings. The lowest BCUT2D eigenvalue weighted by Crippen LogP contribution is -2.37.